The number of carbonyl (C=O) groups is 4. The predicted octanol–water partition coefficient (Wildman–Crippen LogP) is 7.42. The smallest absolute Gasteiger partial charge is 0.257 e. The molecule has 0 aliphatic carbocycles. The van der Waals surface area contributed by atoms with Crippen molar-refractivity contribution in [1.29, 1.82) is 0 Å². The zero-order valence-electron chi connectivity index (χ0n) is 37.7. The van der Waals surface area contributed by atoms with Gasteiger partial charge in [0.1, 0.15) is 21.7 Å². The van der Waals surface area contributed by atoms with E-state index in [0.717, 1.165) is 94.1 Å². The first-order chi connectivity index (χ1) is 30.8. The molecule has 0 bridgehead atoms. The van der Waals surface area contributed by atoms with Crippen LogP contribution < -0.4 is 14.8 Å². The molecule has 0 spiro atoms. The molecule has 2 fully saturated rings. The fraction of sp³-hybridized carbons (Fsp3) is 0.551. The third-order valence-electron chi connectivity index (χ3n) is 13.4. The van der Waals surface area contributed by atoms with Crippen LogP contribution in [0.5, 0.6) is 11.5 Å². The molecule has 4 aliphatic heterocycles. The Hall–Kier alpha value is -4.86. The molecule has 1 N–H and O–H groups in total. The molecule has 13 nitrogen and oxygen atoms in total. The lowest BCUT2D eigenvalue weighted by atomic mass is 9.87. The minimum absolute atomic E-state index is 0.0841. The number of aryl methyl sites for hydroxylation is 1. The molecule has 0 radical (unpaired) electrons. The number of carbonyl (C=O) groups excluding carboxylic acids is 4. The van der Waals surface area contributed by atoms with Gasteiger partial charge in [0.15, 0.2) is 17.7 Å². The standard InChI is InChI=1S/C49H63FN4O9S/c1-5-63-43-28-34(18-20-42(43)61-2)41(31-64(4,59)60)54-48(58)45-33(16-14-17-36(45)49(54)62-3)15-12-10-8-6-7-9-11-13-24-52-25-22-32(23-26-52)37-27-35-30-53(47(57)38(35)29-39(37)50)40-19-21-44(55)51-46(40)56/h14,16-18,20,27-29,32,40-41,49H,5-13,15,19,21-26,30-31H2,1-4H3,(H,51,55,56)/t40?,41-,49?/m1/s1. The second-order valence-electron chi connectivity index (χ2n) is 17.8. The lowest BCUT2D eigenvalue weighted by Crippen LogP contribution is -2.52. The molecular weight excluding hydrogens is 840 g/mol. The second-order valence-corrected chi connectivity index (χ2v) is 19.9. The molecule has 0 aromatic heterocycles. The van der Waals surface area contributed by atoms with E-state index in [0.29, 0.717) is 40.4 Å². The zero-order chi connectivity index (χ0) is 45.5. The van der Waals surface area contributed by atoms with Crippen molar-refractivity contribution >= 4 is 33.5 Å². The van der Waals surface area contributed by atoms with Crippen molar-refractivity contribution in [3.8, 4) is 11.5 Å². The Kier molecular flexibility index (Phi) is 15.4. The van der Waals surface area contributed by atoms with Gasteiger partial charge in [-0.15, -0.1) is 0 Å². The molecule has 3 atom stereocenters. The minimum Gasteiger partial charge on any atom is -0.493 e. The number of nitrogens with one attached hydrogen (secondary N) is 1. The summed E-state index contributed by atoms with van der Waals surface area (Å²) >= 11 is 0. The molecule has 3 aromatic rings. The van der Waals surface area contributed by atoms with Gasteiger partial charge in [0.25, 0.3) is 11.8 Å². The molecule has 3 aromatic carbocycles. The Labute approximate surface area is 376 Å². The predicted molar refractivity (Wildman–Crippen MR) is 240 cm³/mol. The van der Waals surface area contributed by atoms with Gasteiger partial charge in [-0.3, -0.25) is 24.5 Å². The SMILES string of the molecule is CCOc1cc([C@@H](CS(C)(=O)=O)N2C(=O)c3c(CCCCCCCCCCN4CCC(c5cc6c(cc5F)C(=O)N(C5CCC(=O)NC5=O)C6)CC4)cccc3C2OC)ccc1OC. The van der Waals surface area contributed by atoms with E-state index >= 15 is 4.39 Å². The monoisotopic (exact) mass is 902 g/mol. The number of halogens is 1. The number of likely N-dealkylation sites (tertiary alicyclic amines) is 1. The van der Waals surface area contributed by atoms with Crippen molar-refractivity contribution < 1.29 is 46.2 Å². The highest BCUT2D eigenvalue weighted by atomic mass is 32.2. The van der Waals surface area contributed by atoms with Crippen LogP contribution in [0.25, 0.3) is 0 Å². The van der Waals surface area contributed by atoms with Crippen LogP contribution in [0, 0.1) is 5.82 Å². The number of amides is 4. The van der Waals surface area contributed by atoms with Crippen LogP contribution in [-0.2, 0) is 37.1 Å². The molecule has 2 saturated heterocycles. The summed E-state index contributed by atoms with van der Waals surface area (Å²) in [5.41, 5.74) is 4.64. The molecule has 2 unspecified atom stereocenters. The number of fused-ring (bicyclic) bond motifs is 2. The first-order valence-electron chi connectivity index (χ1n) is 23.0. The molecule has 4 heterocycles. The van der Waals surface area contributed by atoms with Gasteiger partial charge in [0.2, 0.25) is 11.8 Å². The number of ether oxygens (including phenoxy) is 3. The molecule has 7 rings (SSSR count). The Balaban J connectivity index is 0.823. The number of nitrogens with zero attached hydrogens (tertiary/aromatic N) is 3. The topological polar surface area (TPSA) is 152 Å². The van der Waals surface area contributed by atoms with E-state index in [-0.39, 0.29) is 54.6 Å². The first kappa shape index (κ1) is 47.1. The summed E-state index contributed by atoms with van der Waals surface area (Å²) in [6, 6.07) is 12.8. The normalized spacial score (nSPS) is 19.8. The quantitative estimate of drug-likeness (QED) is 0.0845. The Morgan fingerprint density at radius 3 is 2.23 bits per heavy atom. The van der Waals surface area contributed by atoms with Crippen LogP contribution in [0.2, 0.25) is 0 Å². The average molecular weight is 903 g/mol. The Morgan fingerprint density at radius 2 is 1.56 bits per heavy atom. The maximum Gasteiger partial charge on any atom is 0.257 e. The molecule has 15 heteroatoms. The summed E-state index contributed by atoms with van der Waals surface area (Å²) < 4.78 is 58.2. The summed E-state index contributed by atoms with van der Waals surface area (Å²) in [6.45, 7) is 5.34. The fourth-order valence-corrected chi connectivity index (χ4v) is 11.0. The second kappa shape index (κ2) is 21.0. The van der Waals surface area contributed by atoms with Gasteiger partial charge in [0.05, 0.1) is 31.1 Å². The third-order valence-corrected chi connectivity index (χ3v) is 14.3. The van der Waals surface area contributed by atoms with E-state index in [9.17, 15) is 27.6 Å². The largest absolute Gasteiger partial charge is 0.493 e. The molecular formula is C49H63FN4O9S. The third kappa shape index (κ3) is 10.6. The number of piperidine rings is 2. The van der Waals surface area contributed by atoms with Crippen LogP contribution in [0.4, 0.5) is 4.39 Å². The number of benzene rings is 3. The van der Waals surface area contributed by atoms with E-state index in [2.05, 4.69) is 10.2 Å². The van der Waals surface area contributed by atoms with E-state index in [1.165, 1.54) is 30.1 Å². The van der Waals surface area contributed by atoms with E-state index in [1.54, 1.807) is 37.3 Å². The number of hydrogen-bond acceptors (Lipinski definition) is 10. The number of hydrogen-bond donors (Lipinski definition) is 1. The lowest BCUT2D eigenvalue weighted by molar-refractivity contribution is -0.136. The van der Waals surface area contributed by atoms with Gasteiger partial charge >= 0.3 is 0 Å². The number of imide groups is 1. The van der Waals surface area contributed by atoms with Gasteiger partial charge < -0.3 is 28.9 Å². The molecule has 0 saturated carbocycles. The van der Waals surface area contributed by atoms with Crippen LogP contribution in [0.1, 0.15) is 151 Å². The van der Waals surface area contributed by atoms with Crippen molar-refractivity contribution in [2.24, 2.45) is 0 Å². The van der Waals surface area contributed by atoms with Gasteiger partial charge in [-0.2, -0.15) is 0 Å². The molecule has 64 heavy (non-hydrogen) atoms. The van der Waals surface area contributed by atoms with Crippen molar-refractivity contribution in [2.45, 2.75) is 121 Å². The number of unbranched alkanes of at least 4 members (excludes halogenated alkanes) is 7. The van der Waals surface area contributed by atoms with E-state index in [1.807, 2.05) is 31.2 Å². The van der Waals surface area contributed by atoms with Crippen LogP contribution in [-0.4, -0.2) is 105 Å². The number of rotatable bonds is 21. The maximum absolute atomic E-state index is 15.4. The van der Waals surface area contributed by atoms with Crippen LogP contribution in [0.15, 0.2) is 48.5 Å². The van der Waals surface area contributed by atoms with Gasteiger partial charge in [-0.1, -0.05) is 68.9 Å². The van der Waals surface area contributed by atoms with Crippen molar-refractivity contribution in [1.82, 2.24) is 20.0 Å². The average Bonchev–Trinajstić information content (AvgIpc) is 3.74. The summed E-state index contributed by atoms with van der Waals surface area (Å²) in [6.07, 6.45) is 12.2. The summed E-state index contributed by atoms with van der Waals surface area (Å²) in [4.78, 5) is 57.0. The first-order valence-corrected chi connectivity index (χ1v) is 25.0. The van der Waals surface area contributed by atoms with Gasteiger partial charge in [-0.25, -0.2) is 12.8 Å². The van der Waals surface area contributed by atoms with Crippen molar-refractivity contribution in [3.05, 3.63) is 93.3 Å². The van der Waals surface area contributed by atoms with Gasteiger partial charge in [0, 0.05) is 37.5 Å². The number of sulfone groups is 1. The summed E-state index contributed by atoms with van der Waals surface area (Å²) in [5, 5.41) is 2.32. The van der Waals surface area contributed by atoms with Crippen LogP contribution in [0.3, 0.4) is 0 Å². The van der Waals surface area contributed by atoms with Crippen LogP contribution >= 0.6 is 0 Å². The highest BCUT2D eigenvalue weighted by molar-refractivity contribution is 7.90. The molecule has 4 aliphatic rings. The van der Waals surface area contributed by atoms with Crippen molar-refractivity contribution in [3.63, 3.8) is 0 Å². The van der Waals surface area contributed by atoms with Crippen molar-refractivity contribution in [2.75, 3.05) is 52.5 Å². The van der Waals surface area contributed by atoms with Gasteiger partial charge in [-0.05, 0) is 111 Å². The lowest BCUT2D eigenvalue weighted by Gasteiger charge is -2.33. The Bertz CT molecular complexity index is 2310. The Morgan fingerprint density at radius 1 is 0.844 bits per heavy atom. The number of methoxy groups -OCH3 is 2. The van der Waals surface area contributed by atoms with E-state index < -0.39 is 34.1 Å². The summed E-state index contributed by atoms with van der Waals surface area (Å²) in [7, 11) is -0.426. The highest BCUT2D eigenvalue weighted by Gasteiger charge is 2.44. The molecule has 4 amide bonds. The summed E-state index contributed by atoms with van der Waals surface area (Å²) in [5.74, 6) is -0.946. The minimum atomic E-state index is -3.51. The zero-order valence-corrected chi connectivity index (χ0v) is 38.5. The highest BCUT2D eigenvalue weighted by Crippen LogP contribution is 2.44. The maximum atomic E-state index is 15.4. The van der Waals surface area contributed by atoms with E-state index in [4.69, 9.17) is 14.2 Å². The molecule has 346 valence electrons. The fourth-order valence-electron chi connectivity index (χ4n) is 10.1.